The lowest BCUT2D eigenvalue weighted by Crippen LogP contribution is -1.97. The van der Waals surface area contributed by atoms with Crippen LogP contribution < -0.4 is 9.47 Å². The van der Waals surface area contributed by atoms with E-state index in [4.69, 9.17) is 26.2 Å². The molecule has 104 valence electrons. The molecule has 0 spiro atoms. The molecule has 0 bridgehead atoms. The number of aromatic amines is 1. The fraction of sp³-hybridized carbons (Fsp3) is 0.231. The molecule has 0 fully saturated rings. The Labute approximate surface area is 119 Å². The number of rotatable bonds is 2. The maximum atomic E-state index is 10.8. The number of hydrogen-bond donors (Lipinski definition) is 2. The predicted molar refractivity (Wildman–Crippen MR) is 71.6 cm³/mol. The van der Waals surface area contributed by atoms with Crippen LogP contribution in [0.5, 0.6) is 11.5 Å². The molecule has 6 nitrogen and oxygen atoms in total. The van der Waals surface area contributed by atoms with Crippen molar-refractivity contribution in [2.45, 2.75) is 6.42 Å². The Morgan fingerprint density at radius 2 is 2.10 bits per heavy atom. The van der Waals surface area contributed by atoms with Gasteiger partial charge in [-0.1, -0.05) is 11.6 Å². The fourth-order valence-electron chi connectivity index (χ4n) is 1.96. The highest BCUT2D eigenvalue weighted by Gasteiger charge is 2.18. The molecular formula is C13H11ClN2O4. The van der Waals surface area contributed by atoms with Crippen LogP contribution in [-0.2, 0) is 0 Å². The van der Waals surface area contributed by atoms with Crippen molar-refractivity contribution >= 4 is 17.6 Å². The summed E-state index contributed by atoms with van der Waals surface area (Å²) in [7, 11) is 0. The SMILES string of the molecule is O=C(O)c1cc(-c2cc(Cl)c3c(c2)OCCCO3)n[nH]1. The molecule has 1 aliphatic rings. The number of halogens is 1. The van der Waals surface area contributed by atoms with Crippen LogP contribution in [0.15, 0.2) is 18.2 Å². The van der Waals surface area contributed by atoms with E-state index in [9.17, 15) is 4.79 Å². The minimum absolute atomic E-state index is 0.0169. The summed E-state index contributed by atoms with van der Waals surface area (Å²) < 4.78 is 11.1. The summed E-state index contributed by atoms with van der Waals surface area (Å²) in [4.78, 5) is 10.8. The number of aromatic carboxylic acids is 1. The van der Waals surface area contributed by atoms with Crippen molar-refractivity contribution < 1.29 is 19.4 Å². The minimum Gasteiger partial charge on any atom is -0.489 e. The highest BCUT2D eigenvalue weighted by molar-refractivity contribution is 6.32. The van der Waals surface area contributed by atoms with Crippen molar-refractivity contribution in [3.05, 3.63) is 28.9 Å². The molecule has 2 aromatic rings. The largest absolute Gasteiger partial charge is 0.489 e. The van der Waals surface area contributed by atoms with E-state index in [0.717, 1.165) is 6.42 Å². The number of nitrogens with one attached hydrogen (secondary N) is 1. The van der Waals surface area contributed by atoms with Gasteiger partial charge in [-0.05, 0) is 18.2 Å². The summed E-state index contributed by atoms with van der Waals surface area (Å²) in [6.45, 7) is 1.10. The maximum absolute atomic E-state index is 10.8. The summed E-state index contributed by atoms with van der Waals surface area (Å²) in [5.74, 6) is -0.00373. The third-order valence-electron chi connectivity index (χ3n) is 2.91. The first-order chi connectivity index (χ1) is 9.65. The monoisotopic (exact) mass is 294 g/mol. The maximum Gasteiger partial charge on any atom is 0.353 e. The van der Waals surface area contributed by atoms with Gasteiger partial charge in [0, 0.05) is 12.0 Å². The van der Waals surface area contributed by atoms with Crippen molar-refractivity contribution in [2.24, 2.45) is 0 Å². The van der Waals surface area contributed by atoms with E-state index in [2.05, 4.69) is 10.2 Å². The van der Waals surface area contributed by atoms with Gasteiger partial charge in [-0.2, -0.15) is 5.10 Å². The van der Waals surface area contributed by atoms with Crippen molar-refractivity contribution in [3.8, 4) is 22.8 Å². The van der Waals surface area contributed by atoms with Crippen LogP contribution >= 0.6 is 11.6 Å². The predicted octanol–water partition coefficient (Wildman–Crippen LogP) is 2.59. The van der Waals surface area contributed by atoms with Crippen LogP contribution in [0.1, 0.15) is 16.9 Å². The Bertz CT molecular complexity index is 668. The number of H-pyrrole nitrogens is 1. The van der Waals surface area contributed by atoms with E-state index in [1.54, 1.807) is 12.1 Å². The number of carboxylic acids is 1. The molecule has 0 unspecified atom stereocenters. The standard InChI is InChI=1S/C13H11ClN2O4/c14-8-4-7(9-6-10(13(17)18)16-15-9)5-11-12(8)20-3-1-2-19-11/h4-6H,1-3H2,(H,15,16)(H,17,18). The first kappa shape index (κ1) is 12.8. The molecule has 2 N–H and O–H groups in total. The number of nitrogens with zero attached hydrogens (tertiary/aromatic N) is 1. The van der Waals surface area contributed by atoms with Crippen LogP contribution in [0.25, 0.3) is 11.3 Å². The molecule has 3 rings (SSSR count). The molecule has 1 aromatic carbocycles. The molecule has 20 heavy (non-hydrogen) atoms. The number of carboxylic acid groups (broad SMARTS) is 1. The third kappa shape index (κ3) is 2.30. The van der Waals surface area contributed by atoms with Gasteiger partial charge in [0.05, 0.1) is 23.9 Å². The summed E-state index contributed by atoms with van der Waals surface area (Å²) in [5.41, 5.74) is 1.17. The Morgan fingerprint density at radius 1 is 1.30 bits per heavy atom. The van der Waals surface area contributed by atoms with Gasteiger partial charge in [-0.25, -0.2) is 4.79 Å². The van der Waals surface area contributed by atoms with Gasteiger partial charge in [0.15, 0.2) is 11.5 Å². The Balaban J connectivity index is 2.03. The van der Waals surface area contributed by atoms with E-state index in [1.165, 1.54) is 6.07 Å². The lowest BCUT2D eigenvalue weighted by Gasteiger charge is -2.10. The molecule has 0 saturated carbocycles. The molecule has 2 heterocycles. The van der Waals surface area contributed by atoms with Crippen LogP contribution in [0.4, 0.5) is 0 Å². The highest BCUT2D eigenvalue weighted by Crippen LogP contribution is 2.40. The number of fused-ring (bicyclic) bond motifs is 1. The number of carbonyl (C=O) groups is 1. The third-order valence-corrected chi connectivity index (χ3v) is 3.19. The summed E-state index contributed by atoms with van der Waals surface area (Å²) >= 11 is 6.18. The van der Waals surface area contributed by atoms with Gasteiger partial charge in [-0.15, -0.1) is 0 Å². The number of hydrogen-bond acceptors (Lipinski definition) is 4. The summed E-state index contributed by atoms with van der Waals surface area (Å²) in [5, 5.41) is 15.7. The first-order valence-corrected chi connectivity index (χ1v) is 6.41. The van der Waals surface area contributed by atoms with E-state index in [1.807, 2.05) is 0 Å². The molecule has 1 aromatic heterocycles. The minimum atomic E-state index is -1.07. The van der Waals surface area contributed by atoms with Crippen LogP contribution in [-0.4, -0.2) is 34.5 Å². The lowest BCUT2D eigenvalue weighted by atomic mass is 10.1. The van der Waals surface area contributed by atoms with Crippen molar-refractivity contribution in [2.75, 3.05) is 13.2 Å². The van der Waals surface area contributed by atoms with Gasteiger partial charge >= 0.3 is 5.97 Å². The van der Waals surface area contributed by atoms with Crippen molar-refractivity contribution in [1.82, 2.24) is 10.2 Å². The summed E-state index contributed by atoms with van der Waals surface area (Å²) in [6, 6.07) is 4.86. The van der Waals surface area contributed by atoms with Gasteiger partial charge < -0.3 is 14.6 Å². The Morgan fingerprint density at radius 3 is 2.85 bits per heavy atom. The lowest BCUT2D eigenvalue weighted by molar-refractivity contribution is 0.0690. The second-order valence-electron chi connectivity index (χ2n) is 4.31. The molecule has 0 aliphatic carbocycles. The molecule has 0 amide bonds. The molecule has 0 saturated heterocycles. The fourth-order valence-corrected chi connectivity index (χ4v) is 2.22. The second kappa shape index (κ2) is 5.05. The molecule has 0 atom stereocenters. The van der Waals surface area contributed by atoms with Crippen LogP contribution in [0, 0.1) is 0 Å². The molecule has 1 aliphatic heterocycles. The zero-order chi connectivity index (χ0) is 14.1. The van der Waals surface area contributed by atoms with E-state index >= 15 is 0 Å². The molecule has 7 heteroatoms. The Hall–Kier alpha value is -2.21. The quantitative estimate of drug-likeness (QED) is 0.889. The average Bonchev–Trinajstić information content (AvgIpc) is 2.79. The highest BCUT2D eigenvalue weighted by atomic mass is 35.5. The van der Waals surface area contributed by atoms with Gasteiger partial charge in [-0.3, -0.25) is 5.10 Å². The van der Waals surface area contributed by atoms with Gasteiger partial charge in [0.2, 0.25) is 0 Å². The van der Waals surface area contributed by atoms with Crippen molar-refractivity contribution in [3.63, 3.8) is 0 Å². The zero-order valence-corrected chi connectivity index (χ0v) is 11.1. The number of ether oxygens (including phenoxy) is 2. The van der Waals surface area contributed by atoms with Crippen molar-refractivity contribution in [1.29, 1.82) is 0 Å². The number of aromatic nitrogens is 2. The summed E-state index contributed by atoms with van der Waals surface area (Å²) in [6.07, 6.45) is 0.784. The van der Waals surface area contributed by atoms with Gasteiger partial charge in [0.25, 0.3) is 0 Å². The van der Waals surface area contributed by atoms with Crippen LogP contribution in [0.2, 0.25) is 5.02 Å². The first-order valence-electron chi connectivity index (χ1n) is 6.03. The van der Waals surface area contributed by atoms with E-state index < -0.39 is 5.97 Å². The van der Waals surface area contributed by atoms with E-state index in [0.29, 0.717) is 41.0 Å². The second-order valence-corrected chi connectivity index (χ2v) is 4.72. The average molecular weight is 295 g/mol. The number of benzene rings is 1. The van der Waals surface area contributed by atoms with Gasteiger partial charge in [0.1, 0.15) is 5.69 Å². The normalized spacial score (nSPS) is 13.8. The van der Waals surface area contributed by atoms with Crippen LogP contribution in [0.3, 0.4) is 0 Å². The molecular weight excluding hydrogens is 284 g/mol. The topological polar surface area (TPSA) is 84.4 Å². The zero-order valence-electron chi connectivity index (χ0n) is 10.4. The Kier molecular flexibility index (Phi) is 3.23. The molecule has 0 radical (unpaired) electrons. The van der Waals surface area contributed by atoms with E-state index in [-0.39, 0.29) is 5.69 Å². The smallest absolute Gasteiger partial charge is 0.353 e.